The molecular weight excluding hydrogens is 358 g/mol. The van der Waals surface area contributed by atoms with Crippen LogP contribution in [0.2, 0.25) is 0 Å². The van der Waals surface area contributed by atoms with Crippen LogP contribution < -0.4 is 10.0 Å². The summed E-state index contributed by atoms with van der Waals surface area (Å²) in [6.07, 6.45) is 0.505. The fourth-order valence-electron chi connectivity index (χ4n) is 3.03. The van der Waals surface area contributed by atoms with Gasteiger partial charge in [-0.2, -0.15) is 0 Å². The molecule has 142 valence electrons. The number of carbonyl (C=O) groups excluding carboxylic acids is 2. The Labute approximate surface area is 164 Å². The largest absolute Gasteiger partial charge is 0.352 e. The Balaban J connectivity index is 1.59. The van der Waals surface area contributed by atoms with Gasteiger partial charge in [-0.3, -0.25) is 9.59 Å². The van der Waals surface area contributed by atoms with E-state index in [9.17, 15) is 9.59 Å². The highest BCUT2D eigenvalue weighted by molar-refractivity contribution is 8.00. The zero-order valence-electron chi connectivity index (χ0n) is 15.9. The summed E-state index contributed by atoms with van der Waals surface area (Å²) in [7, 11) is 1.80. The van der Waals surface area contributed by atoms with E-state index in [1.54, 1.807) is 11.9 Å². The molecule has 0 bridgehead atoms. The molecule has 1 heterocycles. The van der Waals surface area contributed by atoms with E-state index in [-0.39, 0.29) is 17.7 Å². The van der Waals surface area contributed by atoms with Gasteiger partial charge in [0.05, 0.1) is 0 Å². The smallest absolute Gasteiger partial charge is 0.251 e. The number of benzene rings is 2. The summed E-state index contributed by atoms with van der Waals surface area (Å²) in [6, 6.07) is 13.9. The number of aryl methyl sites for hydroxylation is 2. The van der Waals surface area contributed by atoms with Gasteiger partial charge >= 0.3 is 0 Å². The average molecular weight is 384 g/mol. The second-order valence-corrected chi connectivity index (χ2v) is 7.98. The predicted octanol–water partition coefficient (Wildman–Crippen LogP) is 3.63. The van der Waals surface area contributed by atoms with Crippen molar-refractivity contribution in [2.24, 2.45) is 5.92 Å². The maximum atomic E-state index is 12.5. The van der Waals surface area contributed by atoms with Crippen molar-refractivity contribution in [2.75, 3.05) is 24.9 Å². The maximum Gasteiger partial charge on any atom is 0.251 e. The zero-order chi connectivity index (χ0) is 19.4. The highest BCUT2D eigenvalue weighted by atomic mass is 32.2. The number of amides is 2. The van der Waals surface area contributed by atoms with Crippen molar-refractivity contribution in [2.45, 2.75) is 25.2 Å². The minimum absolute atomic E-state index is 0.111. The van der Waals surface area contributed by atoms with E-state index in [0.29, 0.717) is 25.1 Å². The molecule has 5 nitrogen and oxygen atoms in total. The van der Waals surface area contributed by atoms with Gasteiger partial charge in [0.2, 0.25) is 5.91 Å². The van der Waals surface area contributed by atoms with Crippen molar-refractivity contribution in [3.8, 4) is 0 Å². The van der Waals surface area contributed by atoms with Crippen molar-refractivity contribution >= 4 is 29.4 Å². The first-order chi connectivity index (χ1) is 12.9. The van der Waals surface area contributed by atoms with Crippen LogP contribution in [0.4, 0.5) is 5.69 Å². The Morgan fingerprint density at radius 2 is 1.93 bits per heavy atom. The standard InChI is InChI=1S/C21H25N3O2S/c1-14-4-8-18(9-5-14)27-23-19-11-17(7-6-15(19)2)21(26)22-12-16-10-20(25)24(3)13-16/h4-9,11,16,23H,10,12-13H2,1-3H3,(H,22,26). The highest BCUT2D eigenvalue weighted by Gasteiger charge is 2.26. The molecule has 1 aliphatic heterocycles. The fraction of sp³-hybridized carbons (Fsp3) is 0.333. The van der Waals surface area contributed by atoms with Crippen LogP contribution in [-0.2, 0) is 4.79 Å². The molecule has 2 aromatic rings. The second kappa shape index (κ2) is 8.48. The van der Waals surface area contributed by atoms with E-state index in [1.165, 1.54) is 17.5 Å². The van der Waals surface area contributed by atoms with Crippen molar-refractivity contribution in [1.82, 2.24) is 10.2 Å². The lowest BCUT2D eigenvalue weighted by Crippen LogP contribution is -2.30. The molecule has 1 aliphatic rings. The van der Waals surface area contributed by atoms with Crippen LogP contribution in [0.1, 0.15) is 27.9 Å². The van der Waals surface area contributed by atoms with Crippen LogP contribution in [0, 0.1) is 19.8 Å². The third-order valence-electron chi connectivity index (χ3n) is 4.77. The lowest BCUT2D eigenvalue weighted by molar-refractivity contribution is -0.126. The first kappa shape index (κ1) is 19.3. The molecule has 1 atom stereocenters. The Kier molecular flexibility index (Phi) is 6.06. The zero-order valence-corrected chi connectivity index (χ0v) is 16.7. The van der Waals surface area contributed by atoms with Gasteiger partial charge in [-0.15, -0.1) is 0 Å². The maximum absolute atomic E-state index is 12.5. The van der Waals surface area contributed by atoms with E-state index >= 15 is 0 Å². The first-order valence-corrected chi connectivity index (χ1v) is 9.86. The Hall–Kier alpha value is -2.47. The van der Waals surface area contributed by atoms with Gasteiger partial charge in [-0.25, -0.2) is 0 Å². The number of nitrogens with zero attached hydrogens (tertiary/aromatic N) is 1. The van der Waals surface area contributed by atoms with E-state index in [1.807, 2.05) is 25.1 Å². The fourth-order valence-corrected chi connectivity index (χ4v) is 3.75. The van der Waals surface area contributed by atoms with Crippen LogP contribution >= 0.6 is 11.9 Å². The number of hydrogen-bond donors (Lipinski definition) is 2. The van der Waals surface area contributed by atoms with Crippen molar-refractivity contribution < 1.29 is 9.59 Å². The van der Waals surface area contributed by atoms with Gasteiger partial charge in [0, 0.05) is 48.6 Å². The summed E-state index contributed by atoms with van der Waals surface area (Å²) in [6.45, 7) is 5.30. The summed E-state index contributed by atoms with van der Waals surface area (Å²) < 4.78 is 3.34. The lowest BCUT2D eigenvalue weighted by Gasteiger charge is -2.13. The summed E-state index contributed by atoms with van der Waals surface area (Å²) in [5.74, 6) is 0.219. The molecule has 0 aromatic heterocycles. The number of likely N-dealkylation sites (tertiary alicyclic amines) is 1. The topological polar surface area (TPSA) is 61.4 Å². The van der Waals surface area contributed by atoms with E-state index in [2.05, 4.69) is 41.2 Å². The Bertz CT molecular complexity index is 836. The van der Waals surface area contributed by atoms with Crippen molar-refractivity contribution in [3.63, 3.8) is 0 Å². The molecule has 1 fully saturated rings. The van der Waals surface area contributed by atoms with E-state index in [4.69, 9.17) is 0 Å². The molecule has 1 saturated heterocycles. The minimum atomic E-state index is -0.111. The number of rotatable bonds is 6. The molecule has 0 saturated carbocycles. The van der Waals surface area contributed by atoms with Crippen LogP contribution in [0.15, 0.2) is 47.4 Å². The molecule has 2 amide bonds. The number of hydrogen-bond acceptors (Lipinski definition) is 4. The third kappa shape index (κ3) is 5.04. The van der Waals surface area contributed by atoms with Crippen LogP contribution in [0.25, 0.3) is 0 Å². The monoisotopic (exact) mass is 383 g/mol. The summed E-state index contributed by atoms with van der Waals surface area (Å²) in [5.41, 5.74) is 3.84. The number of anilines is 1. The predicted molar refractivity (Wildman–Crippen MR) is 110 cm³/mol. The highest BCUT2D eigenvalue weighted by Crippen LogP contribution is 2.25. The molecule has 0 aliphatic carbocycles. The first-order valence-electron chi connectivity index (χ1n) is 9.04. The number of nitrogens with one attached hydrogen (secondary N) is 2. The van der Waals surface area contributed by atoms with Gasteiger partial charge in [-0.05, 0) is 55.6 Å². The quantitative estimate of drug-likeness (QED) is 0.748. The van der Waals surface area contributed by atoms with E-state index < -0.39 is 0 Å². The van der Waals surface area contributed by atoms with Crippen molar-refractivity contribution in [1.29, 1.82) is 0 Å². The van der Waals surface area contributed by atoms with Gasteiger partial charge in [0.15, 0.2) is 0 Å². The van der Waals surface area contributed by atoms with Gasteiger partial charge in [0.25, 0.3) is 5.91 Å². The lowest BCUT2D eigenvalue weighted by atomic mass is 10.1. The average Bonchev–Trinajstić information content (AvgIpc) is 2.98. The van der Waals surface area contributed by atoms with Gasteiger partial charge in [0.1, 0.15) is 0 Å². The Morgan fingerprint density at radius 3 is 2.59 bits per heavy atom. The summed E-state index contributed by atoms with van der Waals surface area (Å²) in [4.78, 5) is 26.9. The molecule has 1 unspecified atom stereocenters. The van der Waals surface area contributed by atoms with Gasteiger partial charge < -0.3 is 14.9 Å². The molecule has 2 aromatic carbocycles. The van der Waals surface area contributed by atoms with E-state index in [0.717, 1.165) is 16.1 Å². The molecule has 0 spiro atoms. The summed E-state index contributed by atoms with van der Waals surface area (Å²) >= 11 is 1.53. The van der Waals surface area contributed by atoms with Crippen LogP contribution in [-0.4, -0.2) is 36.9 Å². The molecule has 6 heteroatoms. The van der Waals surface area contributed by atoms with Crippen LogP contribution in [0.3, 0.4) is 0 Å². The molecule has 0 radical (unpaired) electrons. The Morgan fingerprint density at radius 1 is 1.19 bits per heavy atom. The van der Waals surface area contributed by atoms with Crippen LogP contribution in [0.5, 0.6) is 0 Å². The molecule has 27 heavy (non-hydrogen) atoms. The molecule has 3 rings (SSSR count). The third-order valence-corrected chi connectivity index (χ3v) is 5.60. The summed E-state index contributed by atoms with van der Waals surface area (Å²) in [5, 5.41) is 2.96. The normalized spacial score (nSPS) is 16.5. The second-order valence-electron chi connectivity index (χ2n) is 7.10. The van der Waals surface area contributed by atoms with Gasteiger partial charge in [-0.1, -0.05) is 23.8 Å². The van der Waals surface area contributed by atoms with Crippen molar-refractivity contribution in [3.05, 3.63) is 59.2 Å². The SMILES string of the molecule is Cc1ccc(SNc2cc(C(=O)NCC3CC(=O)N(C)C3)ccc2C)cc1. The number of carbonyl (C=O) groups is 2. The minimum Gasteiger partial charge on any atom is -0.352 e. The molecule has 2 N–H and O–H groups in total. The molecular formula is C21H25N3O2S.